The van der Waals surface area contributed by atoms with Crippen molar-refractivity contribution >= 4 is 5.78 Å². The summed E-state index contributed by atoms with van der Waals surface area (Å²) in [7, 11) is 0. The normalized spacial score (nSPS) is 10.1. The van der Waals surface area contributed by atoms with Crippen LogP contribution < -0.4 is 4.74 Å². The number of hydrogen-bond acceptors (Lipinski definition) is 3. The molecule has 0 aromatic heterocycles. The van der Waals surface area contributed by atoms with E-state index < -0.39 is 12.0 Å². The van der Waals surface area contributed by atoms with Gasteiger partial charge in [0.25, 0.3) is 6.43 Å². The molecule has 0 amide bonds. The molecule has 0 aliphatic rings. The highest BCUT2D eigenvalue weighted by molar-refractivity contribution is 5.95. The molecular weight excluding hydrogens is 228 g/mol. The number of carbonyl (C=O) groups excluding carboxylic acids is 1. The van der Waals surface area contributed by atoms with Gasteiger partial charge in [-0.15, -0.1) is 0 Å². The van der Waals surface area contributed by atoms with Crippen molar-refractivity contribution in [2.45, 2.75) is 20.3 Å². The zero-order valence-electron chi connectivity index (χ0n) is 9.46. The molecule has 0 spiro atoms. The van der Waals surface area contributed by atoms with Crippen molar-refractivity contribution in [2.24, 2.45) is 0 Å². The summed E-state index contributed by atoms with van der Waals surface area (Å²) in [4.78, 5) is 11.2. The summed E-state index contributed by atoms with van der Waals surface area (Å²) < 4.78 is 30.7. The molecule has 0 bridgehead atoms. The number of alkyl halides is 2. The zero-order valence-corrected chi connectivity index (χ0v) is 9.46. The third-order valence-corrected chi connectivity index (χ3v) is 2.19. The van der Waals surface area contributed by atoms with Crippen LogP contribution in [0, 0.1) is 11.3 Å². The molecule has 0 aliphatic carbocycles. The Balaban J connectivity index is 3.47. The van der Waals surface area contributed by atoms with Gasteiger partial charge in [0.1, 0.15) is 5.75 Å². The van der Waals surface area contributed by atoms with E-state index in [9.17, 15) is 13.6 Å². The second kappa shape index (κ2) is 5.39. The first-order chi connectivity index (χ1) is 8.01. The van der Waals surface area contributed by atoms with E-state index >= 15 is 0 Å². The van der Waals surface area contributed by atoms with Crippen LogP contribution in [-0.2, 0) is 0 Å². The van der Waals surface area contributed by atoms with E-state index in [-0.39, 0.29) is 29.3 Å². The summed E-state index contributed by atoms with van der Waals surface area (Å²) in [6.07, 6.45) is -2.81. The summed E-state index contributed by atoms with van der Waals surface area (Å²) in [6, 6.07) is 4.06. The molecule has 0 saturated heterocycles. The fraction of sp³-hybridized carbons (Fsp3) is 0.333. The van der Waals surface area contributed by atoms with Gasteiger partial charge in [-0.3, -0.25) is 4.79 Å². The topological polar surface area (TPSA) is 50.1 Å². The molecule has 90 valence electrons. The highest BCUT2D eigenvalue weighted by atomic mass is 19.3. The minimum absolute atomic E-state index is 0.105. The van der Waals surface area contributed by atoms with Crippen molar-refractivity contribution in [1.29, 1.82) is 5.26 Å². The van der Waals surface area contributed by atoms with Crippen LogP contribution in [-0.4, -0.2) is 12.4 Å². The Bertz CT molecular complexity index is 478. The molecule has 1 aromatic rings. The van der Waals surface area contributed by atoms with Crippen molar-refractivity contribution in [2.75, 3.05) is 6.61 Å². The summed E-state index contributed by atoms with van der Waals surface area (Å²) in [5, 5.41) is 8.82. The fourth-order valence-electron chi connectivity index (χ4n) is 1.42. The number of nitrogens with zero attached hydrogens (tertiary/aromatic N) is 1. The van der Waals surface area contributed by atoms with Gasteiger partial charge in [-0.2, -0.15) is 5.26 Å². The predicted octanol–water partition coefficient (Wildman–Crippen LogP) is 3.10. The molecule has 0 N–H and O–H groups in total. The van der Waals surface area contributed by atoms with E-state index in [1.54, 1.807) is 13.0 Å². The molecule has 5 heteroatoms. The number of nitriles is 1. The van der Waals surface area contributed by atoms with Crippen LogP contribution in [0.4, 0.5) is 8.78 Å². The van der Waals surface area contributed by atoms with Gasteiger partial charge in [0.2, 0.25) is 0 Å². The van der Waals surface area contributed by atoms with Gasteiger partial charge < -0.3 is 4.74 Å². The first-order valence-corrected chi connectivity index (χ1v) is 5.01. The fourth-order valence-corrected chi connectivity index (χ4v) is 1.42. The van der Waals surface area contributed by atoms with Gasteiger partial charge in [0.05, 0.1) is 23.8 Å². The Kier molecular flexibility index (Phi) is 4.16. The third-order valence-electron chi connectivity index (χ3n) is 2.19. The molecular formula is C12H11F2NO2. The lowest BCUT2D eigenvalue weighted by Gasteiger charge is -2.12. The van der Waals surface area contributed by atoms with E-state index in [2.05, 4.69) is 0 Å². The van der Waals surface area contributed by atoms with Crippen molar-refractivity contribution in [3.05, 3.63) is 28.8 Å². The molecule has 0 unspecified atom stereocenters. The smallest absolute Gasteiger partial charge is 0.268 e. The van der Waals surface area contributed by atoms with Crippen molar-refractivity contribution in [1.82, 2.24) is 0 Å². The number of hydrogen-bond donors (Lipinski definition) is 0. The van der Waals surface area contributed by atoms with Gasteiger partial charge in [-0.25, -0.2) is 8.78 Å². The Morgan fingerprint density at radius 1 is 1.53 bits per heavy atom. The maximum Gasteiger partial charge on any atom is 0.268 e. The Hall–Kier alpha value is -1.96. The molecule has 3 nitrogen and oxygen atoms in total. The largest absolute Gasteiger partial charge is 0.493 e. The maximum atomic E-state index is 12.8. The van der Waals surface area contributed by atoms with Gasteiger partial charge in [0, 0.05) is 5.56 Å². The number of ketones is 1. The zero-order chi connectivity index (χ0) is 13.0. The minimum Gasteiger partial charge on any atom is -0.493 e. The number of halogens is 2. The van der Waals surface area contributed by atoms with Crippen LogP contribution >= 0.6 is 0 Å². The third kappa shape index (κ3) is 2.78. The quantitative estimate of drug-likeness (QED) is 0.758. The molecule has 1 rings (SSSR count). The monoisotopic (exact) mass is 239 g/mol. The minimum atomic E-state index is -2.81. The first-order valence-electron chi connectivity index (χ1n) is 5.01. The van der Waals surface area contributed by atoms with E-state index in [4.69, 9.17) is 10.00 Å². The molecule has 0 heterocycles. The lowest BCUT2D eigenvalue weighted by atomic mass is 10.0. The summed E-state index contributed by atoms with van der Waals surface area (Å²) in [5.41, 5.74) is -0.495. The molecule has 0 fully saturated rings. The van der Waals surface area contributed by atoms with Crippen molar-refractivity contribution in [3.8, 4) is 11.8 Å². The Morgan fingerprint density at radius 3 is 2.59 bits per heavy atom. The van der Waals surface area contributed by atoms with Crippen LogP contribution in [0.2, 0.25) is 0 Å². The average molecular weight is 239 g/mol. The van der Waals surface area contributed by atoms with E-state index in [0.717, 1.165) is 6.07 Å². The predicted molar refractivity (Wildman–Crippen MR) is 57.3 cm³/mol. The van der Waals surface area contributed by atoms with Crippen LogP contribution in [0.15, 0.2) is 12.1 Å². The van der Waals surface area contributed by atoms with Crippen LogP contribution in [0.1, 0.15) is 41.8 Å². The number of rotatable bonds is 4. The molecule has 17 heavy (non-hydrogen) atoms. The highest BCUT2D eigenvalue weighted by Gasteiger charge is 2.21. The molecule has 1 aromatic carbocycles. The maximum absolute atomic E-state index is 12.8. The van der Waals surface area contributed by atoms with Gasteiger partial charge in [-0.05, 0) is 26.0 Å². The van der Waals surface area contributed by atoms with Crippen LogP contribution in [0.25, 0.3) is 0 Å². The Labute approximate surface area is 97.6 Å². The second-order valence-corrected chi connectivity index (χ2v) is 3.34. The number of Topliss-reactive ketones (excluding diaryl/α,β-unsaturated/α-hetero) is 1. The number of ether oxygens (including phenoxy) is 1. The number of carbonyl (C=O) groups is 1. The van der Waals surface area contributed by atoms with Crippen LogP contribution in [0.3, 0.4) is 0 Å². The lowest BCUT2D eigenvalue weighted by molar-refractivity contribution is 0.101. The lowest BCUT2D eigenvalue weighted by Crippen LogP contribution is -2.03. The van der Waals surface area contributed by atoms with Crippen molar-refractivity contribution in [3.63, 3.8) is 0 Å². The van der Waals surface area contributed by atoms with E-state index in [0.29, 0.717) is 0 Å². The number of benzene rings is 1. The summed E-state index contributed by atoms with van der Waals surface area (Å²) in [6.45, 7) is 3.13. The van der Waals surface area contributed by atoms with Crippen molar-refractivity contribution < 1.29 is 18.3 Å². The molecule has 0 aliphatic heterocycles. The summed E-state index contributed by atoms with van der Waals surface area (Å²) in [5.74, 6) is -0.407. The van der Waals surface area contributed by atoms with Crippen LogP contribution in [0.5, 0.6) is 5.75 Å². The first kappa shape index (κ1) is 13.1. The van der Waals surface area contributed by atoms with E-state index in [1.165, 1.54) is 13.0 Å². The van der Waals surface area contributed by atoms with Gasteiger partial charge in [0.15, 0.2) is 5.78 Å². The average Bonchev–Trinajstić information content (AvgIpc) is 2.27. The van der Waals surface area contributed by atoms with E-state index in [1.807, 2.05) is 0 Å². The SMILES string of the molecule is CCOc1cc(C(C)=O)cc(C#N)c1C(F)F. The molecule has 0 atom stereocenters. The Morgan fingerprint density at radius 2 is 2.18 bits per heavy atom. The molecule has 0 radical (unpaired) electrons. The van der Waals surface area contributed by atoms with Gasteiger partial charge in [-0.1, -0.05) is 0 Å². The summed E-state index contributed by atoms with van der Waals surface area (Å²) >= 11 is 0. The standard InChI is InChI=1S/C12H11F2NO2/c1-3-17-10-5-8(7(2)16)4-9(6-15)11(10)12(13)14/h4-5,12H,3H2,1-2H3. The van der Waals surface area contributed by atoms with Gasteiger partial charge >= 0.3 is 0 Å². The molecule has 0 saturated carbocycles. The highest BCUT2D eigenvalue weighted by Crippen LogP contribution is 2.33. The second-order valence-electron chi connectivity index (χ2n) is 3.34.